The first-order valence-electron chi connectivity index (χ1n) is 7.51. The van der Waals surface area contributed by atoms with Gasteiger partial charge in [0.25, 0.3) is 5.91 Å². The predicted octanol–water partition coefficient (Wildman–Crippen LogP) is 4.77. The number of furan rings is 1. The van der Waals surface area contributed by atoms with Crippen LogP contribution in [0.4, 0.5) is 0 Å². The molecular formula is C18H13Cl2N3O2. The lowest BCUT2D eigenvalue weighted by molar-refractivity contribution is -0.125. The third-order valence-corrected chi connectivity index (χ3v) is 4.23. The van der Waals surface area contributed by atoms with Crippen LogP contribution in [0.15, 0.2) is 45.4 Å². The Morgan fingerprint density at radius 2 is 2.12 bits per heavy atom. The summed E-state index contributed by atoms with van der Waals surface area (Å²) in [6.45, 7) is 2.01. The predicted molar refractivity (Wildman–Crippen MR) is 97.2 cm³/mol. The molecule has 1 aliphatic heterocycles. The van der Waals surface area contributed by atoms with E-state index in [-0.39, 0.29) is 18.9 Å². The molecule has 0 atom stereocenters. The maximum atomic E-state index is 12.4. The molecule has 0 fully saturated rings. The lowest BCUT2D eigenvalue weighted by atomic mass is 10.1. The average Bonchev–Trinajstić information content (AvgIpc) is 3.15. The minimum Gasteiger partial charge on any atom is -0.457 e. The zero-order chi connectivity index (χ0) is 18.0. The van der Waals surface area contributed by atoms with Crippen LogP contribution in [0, 0.1) is 11.3 Å². The van der Waals surface area contributed by atoms with Crippen LogP contribution in [0.3, 0.4) is 0 Å². The molecule has 3 rings (SSSR count). The van der Waals surface area contributed by atoms with Gasteiger partial charge in [-0.2, -0.15) is 10.4 Å². The van der Waals surface area contributed by atoms with E-state index in [4.69, 9.17) is 32.9 Å². The zero-order valence-corrected chi connectivity index (χ0v) is 14.8. The molecule has 1 amide bonds. The number of benzene rings is 1. The summed E-state index contributed by atoms with van der Waals surface area (Å²) in [6, 6.07) is 10.6. The van der Waals surface area contributed by atoms with Crippen molar-refractivity contribution in [2.75, 3.05) is 6.54 Å². The molecule has 1 aliphatic rings. The second-order valence-electron chi connectivity index (χ2n) is 5.41. The summed E-state index contributed by atoms with van der Waals surface area (Å²) in [6.07, 6.45) is 1.86. The van der Waals surface area contributed by atoms with Crippen LogP contribution >= 0.6 is 23.2 Å². The van der Waals surface area contributed by atoms with Crippen molar-refractivity contribution in [2.24, 2.45) is 5.10 Å². The largest absolute Gasteiger partial charge is 0.457 e. The van der Waals surface area contributed by atoms with Gasteiger partial charge in [-0.15, -0.1) is 0 Å². The lowest BCUT2D eigenvalue weighted by Crippen LogP contribution is -2.22. The van der Waals surface area contributed by atoms with Gasteiger partial charge in [0.15, 0.2) is 0 Å². The Kier molecular flexibility index (Phi) is 4.93. The van der Waals surface area contributed by atoms with Crippen molar-refractivity contribution in [3.63, 3.8) is 0 Å². The average molecular weight is 374 g/mol. The monoisotopic (exact) mass is 373 g/mol. The summed E-state index contributed by atoms with van der Waals surface area (Å²) >= 11 is 12.2. The summed E-state index contributed by atoms with van der Waals surface area (Å²) < 4.78 is 5.78. The molecule has 1 aromatic carbocycles. The van der Waals surface area contributed by atoms with E-state index in [1.165, 1.54) is 5.01 Å². The highest BCUT2D eigenvalue weighted by atomic mass is 35.5. The SMILES string of the molecule is CC1=NN(CCC#N)C(=O)/C1=C/c1ccc(-c2cc(Cl)ccc2Cl)o1. The first-order valence-corrected chi connectivity index (χ1v) is 8.26. The molecule has 0 radical (unpaired) electrons. The van der Waals surface area contributed by atoms with Crippen LogP contribution in [0.2, 0.25) is 10.0 Å². The highest BCUT2D eigenvalue weighted by Gasteiger charge is 2.27. The van der Waals surface area contributed by atoms with Gasteiger partial charge in [0.2, 0.25) is 0 Å². The van der Waals surface area contributed by atoms with E-state index in [2.05, 4.69) is 5.10 Å². The van der Waals surface area contributed by atoms with E-state index >= 15 is 0 Å². The summed E-state index contributed by atoms with van der Waals surface area (Å²) in [5.41, 5.74) is 1.70. The van der Waals surface area contributed by atoms with E-state index in [0.29, 0.717) is 38.4 Å². The Morgan fingerprint density at radius 1 is 1.32 bits per heavy atom. The number of hydrazone groups is 1. The molecule has 2 aromatic rings. The van der Waals surface area contributed by atoms with Gasteiger partial charge in [-0.25, -0.2) is 5.01 Å². The number of rotatable bonds is 4. The smallest absolute Gasteiger partial charge is 0.276 e. The van der Waals surface area contributed by atoms with E-state index in [1.54, 1.807) is 43.3 Å². The van der Waals surface area contributed by atoms with Gasteiger partial charge in [-0.05, 0) is 43.3 Å². The normalized spacial score (nSPS) is 15.6. The summed E-state index contributed by atoms with van der Waals surface area (Å²) in [5.74, 6) is 0.818. The van der Waals surface area contributed by atoms with Gasteiger partial charge in [0, 0.05) is 10.6 Å². The van der Waals surface area contributed by atoms with Crippen molar-refractivity contribution in [1.82, 2.24) is 5.01 Å². The highest BCUT2D eigenvalue weighted by molar-refractivity contribution is 6.35. The molecule has 0 saturated carbocycles. The minimum absolute atomic E-state index is 0.230. The molecule has 0 saturated heterocycles. The second-order valence-corrected chi connectivity index (χ2v) is 6.25. The molecule has 0 aliphatic carbocycles. The molecular weight excluding hydrogens is 361 g/mol. The van der Waals surface area contributed by atoms with E-state index < -0.39 is 0 Å². The van der Waals surface area contributed by atoms with Gasteiger partial charge < -0.3 is 4.42 Å². The quantitative estimate of drug-likeness (QED) is 0.724. The Hall–Kier alpha value is -2.55. The van der Waals surface area contributed by atoms with Crippen molar-refractivity contribution < 1.29 is 9.21 Å². The number of nitriles is 1. The molecule has 0 unspecified atom stereocenters. The topological polar surface area (TPSA) is 69.6 Å². The number of amides is 1. The molecule has 126 valence electrons. The third-order valence-electron chi connectivity index (χ3n) is 3.67. The Labute approximate surface area is 154 Å². The molecule has 7 heteroatoms. The number of carbonyl (C=O) groups excluding carboxylic acids is 1. The van der Waals surface area contributed by atoms with Crippen LogP contribution in [-0.2, 0) is 4.79 Å². The van der Waals surface area contributed by atoms with E-state index in [0.717, 1.165) is 0 Å². The van der Waals surface area contributed by atoms with Crippen molar-refractivity contribution >= 4 is 40.9 Å². The summed E-state index contributed by atoms with van der Waals surface area (Å²) in [4.78, 5) is 12.4. The summed E-state index contributed by atoms with van der Waals surface area (Å²) in [5, 5.41) is 15.2. The number of hydrogen-bond acceptors (Lipinski definition) is 4. The maximum absolute atomic E-state index is 12.4. The van der Waals surface area contributed by atoms with Crippen LogP contribution in [0.25, 0.3) is 17.4 Å². The molecule has 2 heterocycles. The van der Waals surface area contributed by atoms with Gasteiger partial charge in [-0.1, -0.05) is 23.2 Å². The number of halogens is 2. The Morgan fingerprint density at radius 3 is 2.88 bits per heavy atom. The number of nitrogens with zero attached hydrogens (tertiary/aromatic N) is 3. The lowest BCUT2D eigenvalue weighted by Gasteiger charge is -2.08. The molecule has 0 N–H and O–H groups in total. The molecule has 25 heavy (non-hydrogen) atoms. The van der Waals surface area contributed by atoms with Crippen molar-refractivity contribution in [3.8, 4) is 17.4 Å². The molecule has 0 bridgehead atoms. The fraction of sp³-hybridized carbons (Fsp3) is 0.167. The third kappa shape index (κ3) is 3.60. The fourth-order valence-electron chi connectivity index (χ4n) is 2.45. The van der Waals surface area contributed by atoms with Crippen LogP contribution < -0.4 is 0 Å². The van der Waals surface area contributed by atoms with E-state index in [1.807, 2.05) is 6.07 Å². The van der Waals surface area contributed by atoms with Crippen molar-refractivity contribution in [2.45, 2.75) is 13.3 Å². The van der Waals surface area contributed by atoms with Gasteiger partial charge >= 0.3 is 0 Å². The first kappa shape index (κ1) is 17.3. The van der Waals surface area contributed by atoms with Crippen LogP contribution in [0.5, 0.6) is 0 Å². The van der Waals surface area contributed by atoms with E-state index in [9.17, 15) is 4.79 Å². The number of carbonyl (C=O) groups is 1. The van der Waals surface area contributed by atoms with Gasteiger partial charge in [-0.3, -0.25) is 4.79 Å². The summed E-state index contributed by atoms with van der Waals surface area (Å²) in [7, 11) is 0. The van der Waals surface area contributed by atoms with Gasteiger partial charge in [0.05, 0.1) is 35.3 Å². The molecule has 1 aromatic heterocycles. The first-order chi connectivity index (χ1) is 12.0. The molecule has 5 nitrogen and oxygen atoms in total. The van der Waals surface area contributed by atoms with Gasteiger partial charge in [0.1, 0.15) is 11.5 Å². The fourth-order valence-corrected chi connectivity index (χ4v) is 2.83. The van der Waals surface area contributed by atoms with Crippen molar-refractivity contribution in [3.05, 3.63) is 51.7 Å². The zero-order valence-electron chi connectivity index (χ0n) is 13.3. The minimum atomic E-state index is -0.244. The number of hydrogen-bond donors (Lipinski definition) is 0. The van der Waals surface area contributed by atoms with Crippen LogP contribution in [-0.4, -0.2) is 23.2 Å². The Bertz CT molecular complexity index is 938. The van der Waals surface area contributed by atoms with Crippen LogP contribution in [0.1, 0.15) is 19.1 Å². The standard InChI is InChI=1S/C18H13Cl2N3O2/c1-11-14(18(24)23(22-11)8-2-7-21)10-13-4-6-17(25-13)15-9-12(19)3-5-16(15)20/h3-6,9-10H,2,8H2,1H3/b14-10+. The highest BCUT2D eigenvalue weighted by Crippen LogP contribution is 2.32. The second kappa shape index (κ2) is 7.14. The Balaban J connectivity index is 1.87. The van der Waals surface area contributed by atoms with Crippen molar-refractivity contribution in [1.29, 1.82) is 5.26 Å². The maximum Gasteiger partial charge on any atom is 0.276 e. The molecule has 0 spiro atoms.